The molecule has 0 aromatic rings. The van der Waals surface area contributed by atoms with E-state index in [2.05, 4.69) is 0 Å². The van der Waals surface area contributed by atoms with Gasteiger partial charge in [-0.15, -0.1) is 0 Å². The predicted molar refractivity (Wildman–Crippen MR) is 44.6 cm³/mol. The normalized spacial score (nSPS) is 13.8. The Balaban J connectivity index is 0. The summed E-state index contributed by atoms with van der Waals surface area (Å²) >= 11 is 0. The fourth-order valence-corrected chi connectivity index (χ4v) is 0.510. The van der Waals surface area contributed by atoms with Gasteiger partial charge in [0, 0.05) is 20.3 Å². The second kappa shape index (κ2) is 12.3. The molecule has 1 saturated heterocycles. The number of carbonyl (C=O) groups is 1. The van der Waals surface area contributed by atoms with Gasteiger partial charge in [-0.05, 0) is 26.7 Å². The van der Waals surface area contributed by atoms with Crippen molar-refractivity contribution in [1.29, 1.82) is 0 Å². The summed E-state index contributed by atoms with van der Waals surface area (Å²) in [5.41, 5.74) is 0. The van der Waals surface area contributed by atoms with Gasteiger partial charge in [-0.1, -0.05) is 0 Å². The minimum atomic E-state index is 0.167. The summed E-state index contributed by atoms with van der Waals surface area (Å²) in [5, 5.41) is 7.00. The molecular formula is C8H18O3. The molecule has 68 valence electrons. The molecule has 0 radical (unpaired) electrons. The molecule has 0 aromatic heterocycles. The Labute approximate surface area is 68.4 Å². The lowest BCUT2D eigenvalue weighted by atomic mass is 10.4. The van der Waals surface area contributed by atoms with Crippen molar-refractivity contribution in [3.63, 3.8) is 0 Å². The van der Waals surface area contributed by atoms with Gasteiger partial charge < -0.3 is 14.6 Å². The van der Waals surface area contributed by atoms with Crippen LogP contribution in [0.15, 0.2) is 0 Å². The van der Waals surface area contributed by atoms with E-state index in [-0.39, 0.29) is 5.78 Å². The fraction of sp³-hybridized carbons (Fsp3) is 0.875. The molecule has 0 aliphatic carbocycles. The molecule has 1 fully saturated rings. The third kappa shape index (κ3) is 26.2. The van der Waals surface area contributed by atoms with Crippen LogP contribution in [0.5, 0.6) is 0 Å². The van der Waals surface area contributed by atoms with Crippen LogP contribution in [-0.2, 0) is 9.53 Å². The molecule has 1 N–H and O–H groups in total. The molecule has 0 amide bonds. The summed E-state index contributed by atoms with van der Waals surface area (Å²) in [6, 6.07) is 0. The lowest BCUT2D eigenvalue weighted by Gasteiger charge is -1.76. The van der Waals surface area contributed by atoms with E-state index in [0.717, 1.165) is 20.3 Å². The first kappa shape index (κ1) is 13.2. The molecule has 3 nitrogen and oxygen atoms in total. The highest BCUT2D eigenvalue weighted by Gasteiger charge is 1.94. The summed E-state index contributed by atoms with van der Waals surface area (Å²) in [6.07, 6.45) is 2.56. The Morgan fingerprint density at radius 1 is 1.18 bits per heavy atom. The Morgan fingerprint density at radius 2 is 1.45 bits per heavy atom. The second-order valence-corrected chi connectivity index (χ2v) is 2.23. The Morgan fingerprint density at radius 3 is 1.55 bits per heavy atom. The van der Waals surface area contributed by atoms with Gasteiger partial charge in [0.25, 0.3) is 0 Å². The van der Waals surface area contributed by atoms with Crippen molar-refractivity contribution >= 4 is 5.78 Å². The highest BCUT2D eigenvalue weighted by molar-refractivity contribution is 5.72. The predicted octanol–water partition coefficient (Wildman–Crippen LogP) is 1.00. The summed E-state index contributed by atoms with van der Waals surface area (Å²) in [6.45, 7) is 5.06. The van der Waals surface area contributed by atoms with Gasteiger partial charge in [0.05, 0.1) is 0 Å². The van der Waals surface area contributed by atoms with E-state index in [0.29, 0.717) is 0 Å². The van der Waals surface area contributed by atoms with Crippen molar-refractivity contribution < 1.29 is 14.6 Å². The van der Waals surface area contributed by atoms with Gasteiger partial charge in [-0.3, -0.25) is 0 Å². The largest absolute Gasteiger partial charge is 0.400 e. The molecule has 1 aliphatic heterocycles. The number of rotatable bonds is 0. The molecule has 0 bridgehead atoms. The van der Waals surface area contributed by atoms with Crippen LogP contribution in [0.3, 0.4) is 0 Å². The number of aliphatic hydroxyl groups excluding tert-OH is 1. The van der Waals surface area contributed by atoms with Crippen LogP contribution >= 0.6 is 0 Å². The van der Waals surface area contributed by atoms with Crippen molar-refractivity contribution in [3.05, 3.63) is 0 Å². The monoisotopic (exact) mass is 162 g/mol. The van der Waals surface area contributed by atoms with E-state index in [1.165, 1.54) is 26.7 Å². The van der Waals surface area contributed by atoms with E-state index in [9.17, 15) is 4.79 Å². The van der Waals surface area contributed by atoms with Crippen molar-refractivity contribution in [1.82, 2.24) is 0 Å². The molecule has 0 saturated carbocycles. The van der Waals surface area contributed by atoms with Crippen LogP contribution in [0.2, 0.25) is 0 Å². The summed E-state index contributed by atoms with van der Waals surface area (Å²) in [7, 11) is 1.00. The first-order chi connectivity index (χ1) is 5.23. The quantitative estimate of drug-likeness (QED) is 0.578. The minimum Gasteiger partial charge on any atom is -0.400 e. The molecule has 0 aromatic carbocycles. The van der Waals surface area contributed by atoms with Crippen molar-refractivity contribution in [3.8, 4) is 0 Å². The van der Waals surface area contributed by atoms with Gasteiger partial charge in [0.15, 0.2) is 0 Å². The zero-order chi connectivity index (χ0) is 9.11. The summed E-state index contributed by atoms with van der Waals surface area (Å²) in [4.78, 5) is 9.44. The van der Waals surface area contributed by atoms with E-state index in [4.69, 9.17) is 9.84 Å². The number of ether oxygens (including phenoxy) is 1. The maximum absolute atomic E-state index is 9.44. The zero-order valence-electron chi connectivity index (χ0n) is 7.59. The number of carbonyl (C=O) groups excluding carboxylic acids is 1. The fourth-order valence-electron chi connectivity index (χ4n) is 0.510. The third-order valence-electron chi connectivity index (χ3n) is 0.827. The molecule has 0 atom stereocenters. The molecular weight excluding hydrogens is 144 g/mol. The molecule has 1 rings (SSSR count). The highest BCUT2D eigenvalue weighted by Crippen LogP contribution is 1.98. The molecule has 11 heavy (non-hydrogen) atoms. The van der Waals surface area contributed by atoms with Crippen LogP contribution in [0.25, 0.3) is 0 Å². The molecule has 3 heteroatoms. The first-order valence-corrected chi connectivity index (χ1v) is 3.73. The van der Waals surface area contributed by atoms with Crippen LogP contribution in [0.4, 0.5) is 0 Å². The SMILES string of the molecule is C1CCOC1.CC(C)=O.CO. The van der Waals surface area contributed by atoms with Crippen LogP contribution in [-0.4, -0.2) is 31.2 Å². The molecule has 0 unspecified atom stereocenters. The van der Waals surface area contributed by atoms with Gasteiger partial charge in [-0.25, -0.2) is 0 Å². The highest BCUT2D eigenvalue weighted by atomic mass is 16.5. The number of Topliss-reactive ketones (excluding diaryl/α,β-unsaturated/α-hetero) is 1. The lowest BCUT2D eigenvalue weighted by molar-refractivity contribution is -0.114. The topological polar surface area (TPSA) is 46.5 Å². The number of hydrogen-bond acceptors (Lipinski definition) is 3. The van der Waals surface area contributed by atoms with Crippen molar-refractivity contribution in [2.75, 3.05) is 20.3 Å². The number of ketones is 1. The lowest BCUT2D eigenvalue weighted by Crippen LogP contribution is -1.74. The van der Waals surface area contributed by atoms with Gasteiger partial charge in [-0.2, -0.15) is 0 Å². The van der Waals surface area contributed by atoms with Crippen molar-refractivity contribution in [2.45, 2.75) is 26.7 Å². The first-order valence-electron chi connectivity index (χ1n) is 3.73. The Kier molecular flexibility index (Phi) is 14.7. The molecule has 1 aliphatic rings. The van der Waals surface area contributed by atoms with Gasteiger partial charge in [0.2, 0.25) is 0 Å². The van der Waals surface area contributed by atoms with E-state index in [1.54, 1.807) is 0 Å². The average molecular weight is 162 g/mol. The number of aliphatic hydroxyl groups is 1. The van der Waals surface area contributed by atoms with Crippen LogP contribution < -0.4 is 0 Å². The molecule has 1 heterocycles. The maximum Gasteiger partial charge on any atom is 0.126 e. The van der Waals surface area contributed by atoms with E-state index >= 15 is 0 Å². The number of hydrogen-bond donors (Lipinski definition) is 1. The summed E-state index contributed by atoms with van der Waals surface area (Å²) < 4.78 is 4.94. The van der Waals surface area contributed by atoms with Gasteiger partial charge >= 0.3 is 0 Å². The van der Waals surface area contributed by atoms with Crippen LogP contribution in [0, 0.1) is 0 Å². The van der Waals surface area contributed by atoms with Crippen molar-refractivity contribution in [2.24, 2.45) is 0 Å². The molecule has 0 spiro atoms. The van der Waals surface area contributed by atoms with E-state index < -0.39 is 0 Å². The standard InChI is InChI=1S/C4H8O.C3H6O.CH4O/c1-2-4-5-3-1;1-3(2)4;1-2/h1-4H2;1-2H3;2H,1H3. The smallest absolute Gasteiger partial charge is 0.126 e. The third-order valence-corrected chi connectivity index (χ3v) is 0.827. The maximum atomic E-state index is 9.44. The van der Waals surface area contributed by atoms with Gasteiger partial charge in [0.1, 0.15) is 5.78 Å². The average Bonchev–Trinajstić information content (AvgIpc) is 2.44. The Hall–Kier alpha value is -0.410. The van der Waals surface area contributed by atoms with E-state index in [1.807, 2.05) is 0 Å². The minimum absolute atomic E-state index is 0.167. The second-order valence-electron chi connectivity index (χ2n) is 2.23. The van der Waals surface area contributed by atoms with Crippen LogP contribution in [0.1, 0.15) is 26.7 Å². The Bertz CT molecular complexity index is 65.8. The summed E-state index contributed by atoms with van der Waals surface area (Å²) in [5.74, 6) is 0.167. The zero-order valence-corrected chi connectivity index (χ0v) is 7.59.